The summed E-state index contributed by atoms with van der Waals surface area (Å²) in [4.78, 5) is 19.3. The van der Waals surface area contributed by atoms with Crippen LogP contribution in [0, 0.1) is 0 Å². The molecule has 2 aliphatic heterocycles. The van der Waals surface area contributed by atoms with Crippen molar-refractivity contribution in [3.63, 3.8) is 0 Å². The first-order valence-electron chi connectivity index (χ1n) is 11.5. The Kier molecular flexibility index (Phi) is 5.78. The maximum absolute atomic E-state index is 13.7. The Morgan fingerprint density at radius 1 is 0.970 bits per heavy atom. The van der Waals surface area contributed by atoms with Crippen molar-refractivity contribution in [2.45, 2.75) is 37.5 Å². The molecule has 176 valence electrons. The van der Waals surface area contributed by atoms with Gasteiger partial charge in [0.25, 0.3) is 0 Å². The molecule has 0 amide bonds. The number of rotatable bonds is 3. The van der Waals surface area contributed by atoms with Gasteiger partial charge in [0.05, 0.1) is 40.1 Å². The number of likely N-dealkylation sites (tertiary alicyclic amines) is 1. The standard InChI is InChI=1S/C24H29F3N6/c1-31-12-14-33(15-13-31)19-9-3-7-17-22(19)30-23(29-17)20-10-4-8-18(32(20)2)21-16(24(25,26)27)6-5-11-28-21/h3,5-7,9,11,18,20H,4,8,10,12-15H2,1-2H3,(H,29,30)/t18-,20+/m1/s1. The van der Waals surface area contributed by atoms with Crippen LogP contribution in [0.4, 0.5) is 18.9 Å². The van der Waals surface area contributed by atoms with Crippen LogP contribution in [0.15, 0.2) is 36.5 Å². The van der Waals surface area contributed by atoms with Gasteiger partial charge in [-0.1, -0.05) is 6.07 Å². The number of hydrogen-bond donors (Lipinski definition) is 1. The SMILES string of the molecule is CN1CCN(c2cccc3nc([C@@H]4CCC[C@H](c5ncccc5C(F)(F)F)N4C)[nH]c23)CC1. The summed E-state index contributed by atoms with van der Waals surface area (Å²) < 4.78 is 41.0. The lowest BCUT2D eigenvalue weighted by Crippen LogP contribution is -2.44. The minimum absolute atomic E-state index is 0.0976. The normalized spacial score (nSPS) is 23.4. The molecule has 4 heterocycles. The average molecular weight is 459 g/mol. The molecule has 1 N–H and O–H groups in total. The maximum Gasteiger partial charge on any atom is 0.418 e. The quantitative estimate of drug-likeness (QED) is 0.621. The zero-order valence-corrected chi connectivity index (χ0v) is 18.9. The van der Waals surface area contributed by atoms with Crippen LogP contribution >= 0.6 is 0 Å². The Hall–Kier alpha value is -2.65. The number of pyridine rings is 1. The Morgan fingerprint density at radius 3 is 2.48 bits per heavy atom. The number of para-hydroxylation sites is 1. The molecule has 2 saturated heterocycles. The van der Waals surface area contributed by atoms with Gasteiger partial charge >= 0.3 is 6.18 Å². The molecule has 0 aliphatic carbocycles. The molecule has 2 aromatic heterocycles. The monoisotopic (exact) mass is 458 g/mol. The van der Waals surface area contributed by atoms with Crippen molar-refractivity contribution in [2.24, 2.45) is 0 Å². The van der Waals surface area contributed by atoms with Gasteiger partial charge < -0.3 is 14.8 Å². The van der Waals surface area contributed by atoms with Crippen LogP contribution in [-0.4, -0.2) is 65.0 Å². The van der Waals surface area contributed by atoms with E-state index in [1.165, 1.54) is 12.3 Å². The molecule has 1 aromatic carbocycles. The van der Waals surface area contributed by atoms with Crippen LogP contribution in [0.25, 0.3) is 11.0 Å². The molecule has 2 aliphatic rings. The molecule has 9 heteroatoms. The number of piperidine rings is 1. The van der Waals surface area contributed by atoms with E-state index >= 15 is 0 Å². The molecule has 3 aromatic rings. The number of halogens is 3. The molecule has 0 saturated carbocycles. The summed E-state index contributed by atoms with van der Waals surface area (Å²) in [7, 11) is 4.02. The molecule has 0 radical (unpaired) electrons. The van der Waals surface area contributed by atoms with Crippen LogP contribution in [0.5, 0.6) is 0 Å². The summed E-state index contributed by atoms with van der Waals surface area (Å²) in [6.07, 6.45) is -0.680. The molecular weight excluding hydrogens is 429 g/mol. The number of likely N-dealkylation sites (N-methyl/N-ethyl adjacent to an activating group) is 1. The van der Waals surface area contributed by atoms with E-state index in [9.17, 15) is 13.2 Å². The second kappa shape index (κ2) is 8.61. The number of imidazole rings is 1. The molecular formula is C24H29F3N6. The van der Waals surface area contributed by atoms with E-state index in [0.29, 0.717) is 6.42 Å². The zero-order valence-electron chi connectivity index (χ0n) is 18.9. The summed E-state index contributed by atoms with van der Waals surface area (Å²) in [5.41, 5.74) is 2.49. The number of alkyl halides is 3. The molecule has 0 bridgehead atoms. The number of anilines is 1. The second-order valence-electron chi connectivity index (χ2n) is 9.15. The molecule has 6 nitrogen and oxygen atoms in total. The fourth-order valence-corrected chi connectivity index (χ4v) is 5.22. The minimum Gasteiger partial charge on any atom is -0.367 e. The number of nitrogens with zero attached hydrogens (tertiary/aromatic N) is 5. The molecule has 2 fully saturated rings. The van der Waals surface area contributed by atoms with Crippen molar-refractivity contribution in [2.75, 3.05) is 45.2 Å². The van der Waals surface area contributed by atoms with Crippen molar-refractivity contribution < 1.29 is 13.2 Å². The van der Waals surface area contributed by atoms with Gasteiger partial charge in [0.15, 0.2) is 0 Å². The third-order valence-corrected chi connectivity index (χ3v) is 7.07. The van der Waals surface area contributed by atoms with Crippen LogP contribution in [0.2, 0.25) is 0 Å². The summed E-state index contributed by atoms with van der Waals surface area (Å²) in [6.45, 7) is 3.93. The van der Waals surface area contributed by atoms with Gasteiger partial charge in [0.2, 0.25) is 0 Å². The molecule has 5 rings (SSSR count). The molecule has 0 spiro atoms. The van der Waals surface area contributed by atoms with Gasteiger partial charge in [-0.2, -0.15) is 13.2 Å². The van der Waals surface area contributed by atoms with Crippen molar-refractivity contribution >= 4 is 16.7 Å². The number of aromatic nitrogens is 3. The topological polar surface area (TPSA) is 51.3 Å². The number of hydrogen-bond acceptors (Lipinski definition) is 5. The highest BCUT2D eigenvalue weighted by Gasteiger charge is 2.40. The fourth-order valence-electron chi connectivity index (χ4n) is 5.22. The van der Waals surface area contributed by atoms with E-state index in [1.54, 1.807) is 0 Å². The van der Waals surface area contributed by atoms with Gasteiger partial charge in [-0.15, -0.1) is 0 Å². The maximum atomic E-state index is 13.7. The highest BCUT2D eigenvalue weighted by atomic mass is 19.4. The fraction of sp³-hybridized carbons (Fsp3) is 0.500. The summed E-state index contributed by atoms with van der Waals surface area (Å²) in [5.74, 6) is 0.809. The van der Waals surface area contributed by atoms with Crippen molar-refractivity contribution in [3.05, 3.63) is 53.6 Å². The summed E-state index contributed by atoms with van der Waals surface area (Å²) in [6, 6.07) is 8.11. The highest BCUT2D eigenvalue weighted by molar-refractivity contribution is 5.89. The van der Waals surface area contributed by atoms with E-state index in [4.69, 9.17) is 4.98 Å². The van der Waals surface area contributed by atoms with E-state index in [0.717, 1.165) is 67.6 Å². The predicted octanol–water partition coefficient (Wildman–Crippen LogP) is 4.63. The van der Waals surface area contributed by atoms with Gasteiger partial charge in [-0.3, -0.25) is 9.88 Å². The largest absolute Gasteiger partial charge is 0.418 e. The lowest BCUT2D eigenvalue weighted by molar-refractivity contribution is -0.139. The molecule has 2 atom stereocenters. The number of H-pyrrole nitrogens is 1. The summed E-state index contributed by atoms with van der Waals surface area (Å²) in [5, 5.41) is 0. The number of piperazine rings is 1. The van der Waals surface area contributed by atoms with Crippen molar-refractivity contribution in [3.8, 4) is 0 Å². The lowest BCUT2D eigenvalue weighted by atomic mass is 9.91. The van der Waals surface area contributed by atoms with E-state index in [1.807, 2.05) is 24.1 Å². The van der Waals surface area contributed by atoms with E-state index < -0.39 is 17.8 Å². The zero-order chi connectivity index (χ0) is 23.2. The first-order valence-corrected chi connectivity index (χ1v) is 11.5. The highest BCUT2D eigenvalue weighted by Crippen LogP contribution is 2.43. The second-order valence-corrected chi connectivity index (χ2v) is 9.15. The number of nitrogens with one attached hydrogen (secondary N) is 1. The Morgan fingerprint density at radius 2 is 1.73 bits per heavy atom. The first kappa shape index (κ1) is 22.2. The van der Waals surface area contributed by atoms with E-state index in [-0.39, 0.29) is 11.7 Å². The third-order valence-electron chi connectivity index (χ3n) is 7.07. The smallest absolute Gasteiger partial charge is 0.367 e. The Balaban J connectivity index is 1.46. The van der Waals surface area contributed by atoms with Gasteiger partial charge in [-0.25, -0.2) is 4.98 Å². The average Bonchev–Trinajstić information content (AvgIpc) is 3.23. The van der Waals surface area contributed by atoms with Crippen LogP contribution in [0.3, 0.4) is 0 Å². The molecule has 0 unspecified atom stereocenters. The lowest BCUT2D eigenvalue weighted by Gasteiger charge is -2.39. The first-order chi connectivity index (χ1) is 15.8. The third kappa shape index (κ3) is 4.19. The number of fused-ring (bicyclic) bond motifs is 1. The Bertz CT molecular complexity index is 1120. The minimum atomic E-state index is -4.42. The number of aromatic amines is 1. The van der Waals surface area contributed by atoms with Crippen LogP contribution in [0.1, 0.15) is 48.4 Å². The van der Waals surface area contributed by atoms with Crippen molar-refractivity contribution in [1.29, 1.82) is 0 Å². The molecule has 33 heavy (non-hydrogen) atoms. The summed E-state index contributed by atoms with van der Waals surface area (Å²) >= 11 is 0. The van der Waals surface area contributed by atoms with Gasteiger partial charge in [0.1, 0.15) is 5.82 Å². The number of benzene rings is 1. The van der Waals surface area contributed by atoms with Crippen molar-refractivity contribution in [1.82, 2.24) is 24.8 Å². The van der Waals surface area contributed by atoms with E-state index in [2.05, 4.69) is 32.9 Å². The van der Waals surface area contributed by atoms with Crippen LogP contribution in [-0.2, 0) is 6.18 Å². The van der Waals surface area contributed by atoms with Gasteiger partial charge in [-0.05, 0) is 57.6 Å². The van der Waals surface area contributed by atoms with Crippen LogP contribution < -0.4 is 4.90 Å². The Labute approximate surface area is 191 Å². The predicted molar refractivity (Wildman–Crippen MR) is 122 cm³/mol. The van der Waals surface area contributed by atoms with Gasteiger partial charge in [0, 0.05) is 32.4 Å².